The average Bonchev–Trinajstić information content (AvgIpc) is 2.73. The molecule has 30 heavy (non-hydrogen) atoms. The van der Waals surface area contributed by atoms with Crippen molar-refractivity contribution in [1.29, 1.82) is 0 Å². The summed E-state index contributed by atoms with van der Waals surface area (Å²) in [4.78, 5) is 13.9. The van der Waals surface area contributed by atoms with E-state index in [0.717, 1.165) is 6.07 Å². The van der Waals surface area contributed by atoms with Crippen LogP contribution in [0.3, 0.4) is 0 Å². The molecule has 1 heterocycles. The predicted octanol–water partition coefficient (Wildman–Crippen LogP) is 1.98. The zero-order valence-corrected chi connectivity index (χ0v) is 17.8. The van der Waals surface area contributed by atoms with Gasteiger partial charge in [0.05, 0.1) is 18.0 Å². The van der Waals surface area contributed by atoms with Crippen molar-refractivity contribution in [3.05, 3.63) is 59.4 Å². The van der Waals surface area contributed by atoms with Gasteiger partial charge in [-0.2, -0.15) is 4.31 Å². The monoisotopic (exact) mass is 455 g/mol. The SMILES string of the molecule is O=C(CN1CCN(S(=O)(=O)c2cccc(F)c2)CC1)NCCOc1ccc(Cl)cc1. The van der Waals surface area contributed by atoms with E-state index in [2.05, 4.69) is 5.32 Å². The quantitative estimate of drug-likeness (QED) is 0.616. The number of benzene rings is 2. The number of hydrogen-bond acceptors (Lipinski definition) is 5. The molecule has 1 fully saturated rings. The Morgan fingerprint density at radius 3 is 2.47 bits per heavy atom. The summed E-state index contributed by atoms with van der Waals surface area (Å²) in [6.07, 6.45) is 0. The summed E-state index contributed by atoms with van der Waals surface area (Å²) >= 11 is 5.81. The molecule has 0 bridgehead atoms. The molecule has 0 saturated carbocycles. The number of piperazine rings is 1. The first-order chi connectivity index (χ1) is 14.3. The van der Waals surface area contributed by atoms with Crippen LogP contribution in [0.5, 0.6) is 5.75 Å². The number of carbonyl (C=O) groups excluding carboxylic acids is 1. The van der Waals surface area contributed by atoms with E-state index in [9.17, 15) is 17.6 Å². The molecular weight excluding hydrogens is 433 g/mol. The van der Waals surface area contributed by atoms with Crippen molar-refractivity contribution in [3.8, 4) is 5.75 Å². The van der Waals surface area contributed by atoms with Gasteiger partial charge in [-0.1, -0.05) is 17.7 Å². The maximum absolute atomic E-state index is 13.4. The number of sulfonamides is 1. The second-order valence-corrected chi connectivity index (χ2v) is 9.16. The third kappa shape index (κ3) is 6.15. The van der Waals surface area contributed by atoms with Crippen molar-refractivity contribution in [2.24, 2.45) is 0 Å². The van der Waals surface area contributed by atoms with Gasteiger partial charge >= 0.3 is 0 Å². The Hall–Kier alpha value is -2.20. The van der Waals surface area contributed by atoms with Gasteiger partial charge in [0.15, 0.2) is 0 Å². The molecule has 162 valence electrons. The number of carbonyl (C=O) groups is 1. The first-order valence-electron chi connectivity index (χ1n) is 9.48. The summed E-state index contributed by atoms with van der Waals surface area (Å²) < 4.78 is 45.4. The highest BCUT2D eigenvalue weighted by molar-refractivity contribution is 7.89. The summed E-state index contributed by atoms with van der Waals surface area (Å²) in [5.74, 6) is -0.0770. The summed E-state index contributed by atoms with van der Waals surface area (Å²) in [5.41, 5.74) is 0. The number of nitrogens with one attached hydrogen (secondary N) is 1. The van der Waals surface area contributed by atoms with Gasteiger partial charge in [-0.15, -0.1) is 0 Å². The Labute approximate surface area is 180 Å². The van der Waals surface area contributed by atoms with Crippen molar-refractivity contribution < 1.29 is 22.3 Å². The van der Waals surface area contributed by atoms with Crippen LogP contribution in [0.25, 0.3) is 0 Å². The van der Waals surface area contributed by atoms with Crippen LogP contribution < -0.4 is 10.1 Å². The second-order valence-electron chi connectivity index (χ2n) is 6.79. The molecule has 3 rings (SSSR count). The lowest BCUT2D eigenvalue weighted by atomic mass is 10.3. The minimum atomic E-state index is -3.74. The van der Waals surface area contributed by atoms with Crippen LogP contribution in [0.2, 0.25) is 5.02 Å². The third-order valence-electron chi connectivity index (χ3n) is 4.64. The van der Waals surface area contributed by atoms with E-state index >= 15 is 0 Å². The Bertz CT molecular complexity index is 964. The van der Waals surface area contributed by atoms with E-state index in [1.807, 2.05) is 4.90 Å². The second kappa shape index (κ2) is 10.2. The van der Waals surface area contributed by atoms with Gasteiger partial charge in [0.1, 0.15) is 18.2 Å². The molecule has 1 N–H and O–H groups in total. The molecule has 1 amide bonds. The molecule has 2 aromatic carbocycles. The molecule has 0 spiro atoms. The van der Waals surface area contributed by atoms with Crippen LogP contribution in [0, 0.1) is 5.82 Å². The maximum atomic E-state index is 13.4. The molecular formula is C20H23ClFN3O4S. The molecule has 1 aliphatic heterocycles. The normalized spacial score (nSPS) is 15.7. The topological polar surface area (TPSA) is 79.0 Å². The van der Waals surface area contributed by atoms with Crippen LogP contribution in [0.15, 0.2) is 53.4 Å². The first-order valence-corrected chi connectivity index (χ1v) is 11.3. The smallest absolute Gasteiger partial charge is 0.243 e. The number of nitrogens with zero attached hydrogens (tertiary/aromatic N) is 2. The lowest BCUT2D eigenvalue weighted by Gasteiger charge is -2.33. The average molecular weight is 456 g/mol. The van der Waals surface area contributed by atoms with Crippen molar-refractivity contribution in [3.63, 3.8) is 0 Å². The highest BCUT2D eigenvalue weighted by atomic mass is 35.5. The number of ether oxygens (including phenoxy) is 1. The van der Waals surface area contributed by atoms with E-state index in [1.54, 1.807) is 24.3 Å². The van der Waals surface area contributed by atoms with Gasteiger partial charge in [0, 0.05) is 31.2 Å². The highest BCUT2D eigenvalue weighted by Gasteiger charge is 2.29. The fourth-order valence-electron chi connectivity index (χ4n) is 3.05. The van der Waals surface area contributed by atoms with Crippen molar-refractivity contribution in [2.45, 2.75) is 4.90 Å². The number of amides is 1. The molecule has 7 nitrogen and oxygen atoms in total. The third-order valence-corrected chi connectivity index (χ3v) is 6.79. The first kappa shape index (κ1) is 22.5. The van der Waals surface area contributed by atoms with E-state index in [-0.39, 0.29) is 30.4 Å². The summed E-state index contributed by atoms with van der Waals surface area (Å²) in [7, 11) is -3.74. The molecule has 10 heteroatoms. The molecule has 0 radical (unpaired) electrons. The maximum Gasteiger partial charge on any atom is 0.243 e. The molecule has 1 aliphatic rings. The highest BCUT2D eigenvalue weighted by Crippen LogP contribution is 2.18. The number of hydrogen-bond donors (Lipinski definition) is 1. The summed E-state index contributed by atoms with van der Waals surface area (Å²) in [6.45, 7) is 2.18. The van der Waals surface area contributed by atoms with E-state index < -0.39 is 15.8 Å². The van der Waals surface area contributed by atoms with E-state index in [1.165, 1.54) is 22.5 Å². The van der Waals surface area contributed by atoms with Gasteiger partial charge in [0.25, 0.3) is 0 Å². The van der Waals surface area contributed by atoms with E-state index in [0.29, 0.717) is 37.0 Å². The van der Waals surface area contributed by atoms with E-state index in [4.69, 9.17) is 16.3 Å². The van der Waals surface area contributed by atoms with Gasteiger partial charge in [-0.05, 0) is 42.5 Å². The Kier molecular flexibility index (Phi) is 7.65. The van der Waals surface area contributed by atoms with Crippen molar-refractivity contribution in [1.82, 2.24) is 14.5 Å². The predicted molar refractivity (Wildman–Crippen MR) is 112 cm³/mol. The Morgan fingerprint density at radius 2 is 1.80 bits per heavy atom. The van der Waals surface area contributed by atoms with Gasteiger partial charge in [-0.3, -0.25) is 9.69 Å². The van der Waals surface area contributed by atoms with Crippen LogP contribution in [0.4, 0.5) is 4.39 Å². The van der Waals surface area contributed by atoms with Crippen LogP contribution in [0.1, 0.15) is 0 Å². The lowest BCUT2D eigenvalue weighted by Crippen LogP contribution is -2.51. The summed E-state index contributed by atoms with van der Waals surface area (Å²) in [5, 5.41) is 3.40. The van der Waals surface area contributed by atoms with Crippen molar-refractivity contribution in [2.75, 3.05) is 45.9 Å². The Balaban J connectivity index is 1.38. The van der Waals surface area contributed by atoms with Crippen LogP contribution in [-0.2, 0) is 14.8 Å². The molecule has 2 aromatic rings. The zero-order chi connectivity index (χ0) is 21.6. The van der Waals surface area contributed by atoms with Gasteiger partial charge < -0.3 is 10.1 Å². The summed E-state index contributed by atoms with van der Waals surface area (Å²) in [6, 6.07) is 11.9. The minimum Gasteiger partial charge on any atom is -0.492 e. The largest absolute Gasteiger partial charge is 0.492 e. The van der Waals surface area contributed by atoms with Gasteiger partial charge in [-0.25, -0.2) is 12.8 Å². The van der Waals surface area contributed by atoms with Crippen molar-refractivity contribution >= 4 is 27.5 Å². The number of halogens is 2. The molecule has 0 aromatic heterocycles. The molecule has 1 saturated heterocycles. The lowest BCUT2D eigenvalue weighted by molar-refractivity contribution is -0.122. The fraction of sp³-hybridized carbons (Fsp3) is 0.350. The molecule has 0 aliphatic carbocycles. The van der Waals surface area contributed by atoms with Gasteiger partial charge in [0.2, 0.25) is 15.9 Å². The number of rotatable bonds is 8. The van der Waals surface area contributed by atoms with Crippen LogP contribution in [-0.4, -0.2) is 69.4 Å². The fourth-order valence-corrected chi connectivity index (χ4v) is 4.63. The molecule has 0 unspecified atom stereocenters. The Morgan fingerprint density at radius 1 is 1.10 bits per heavy atom. The zero-order valence-electron chi connectivity index (χ0n) is 16.3. The standard InChI is InChI=1S/C20H23ClFN3O4S/c21-16-4-6-18(7-5-16)29-13-8-23-20(26)15-24-9-11-25(12-10-24)30(27,28)19-3-1-2-17(22)14-19/h1-7,14H,8-13,15H2,(H,23,26). The van der Waals surface area contributed by atoms with Crippen LogP contribution >= 0.6 is 11.6 Å². The molecule has 0 atom stereocenters. The minimum absolute atomic E-state index is 0.0608.